The molecule has 3 aliphatic carbocycles. The molecule has 4 unspecified atom stereocenters. The molecule has 0 aromatic carbocycles. The molecule has 0 saturated heterocycles. The van der Waals surface area contributed by atoms with Crippen LogP contribution in [0, 0.1) is 29.6 Å². The highest BCUT2D eigenvalue weighted by Gasteiger charge is 2.66. The zero-order chi connectivity index (χ0) is 10.6. The lowest BCUT2D eigenvalue weighted by Crippen LogP contribution is -2.34. The summed E-state index contributed by atoms with van der Waals surface area (Å²) in [5.74, 6) is 11.2. The summed E-state index contributed by atoms with van der Waals surface area (Å²) < 4.78 is 0. The molecule has 3 saturated carbocycles. The Hall–Kier alpha value is -0.570. The van der Waals surface area contributed by atoms with Crippen molar-refractivity contribution in [3.8, 4) is 0 Å². The number of hydrogen-bond acceptors (Lipinski definition) is 2. The smallest absolute Gasteiger partial charge is 0.114 e. The third kappa shape index (κ3) is 1.32. The quantitative estimate of drug-likeness (QED) is 0.312. The van der Waals surface area contributed by atoms with Gasteiger partial charge in [0.15, 0.2) is 0 Å². The number of aliphatic imine (C=N–C) groups is 1. The molecule has 0 spiro atoms. The van der Waals surface area contributed by atoms with Gasteiger partial charge in [-0.3, -0.25) is 4.99 Å². The standard InChI is InChI=1S/C12H21N3/c1-6(2)14-12(15-13)11-9-7-3-4-8(5-7)10(9)11/h6-11H,3-5,13H2,1-2H3,(H,14,15). The zero-order valence-electron chi connectivity index (χ0n) is 9.61. The first-order chi connectivity index (χ1) is 7.22. The van der Waals surface area contributed by atoms with E-state index >= 15 is 0 Å². The summed E-state index contributed by atoms with van der Waals surface area (Å²) >= 11 is 0. The number of rotatable bonds is 2. The van der Waals surface area contributed by atoms with E-state index in [1.165, 1.54) is 19.3 Å². The third-order valence-electron chi connectivity index (χ3n) is 4.60. The van der Waals surface area contributed by atoms with Crippen LogP contribution in [0.5, 0.6) is 0 Å². The second-order valence-corrected chi connectivity index (χ2v) is 5.77. The van der Waals surface area contributed by atoms with Crippen molar-refractivity contribution in [1.29, 1.82) is 0 Å². The van der Waals surface area contributed by atoms with Gasteiger partial charge in [0.25, 0.3) is 0 Å². The number of hydrogen-bond donors (Lipinski definition) is 2. The molecular formula is C12H21N3. The van der Waals surface area contributed by atoms with Crippen LogP contribution >= 0.6 is 0 Å². The average molecular weight is 207 g/mol. The molecule has 84 valence electrons. The Morgan fingerprint density at radius 1 is 1.27 bits per heavy atom. The van der Waals surface area contributed by atoms with Gasteiger partial charge < -0.3 is 5.43 Å². The Morgan fingerprint density at radius 3 is 2.33 bits per heavy atom. The summed E-state index contributed by atoms with van der Waals surface area (Å²) in [5.41, 5.74) is 2.84. The summed E-state index contributed by atoms with van der Waals surface area (Å²) in [6.07, 6.45) is 4.41. The fourth-order valence-corrected chi connectivity index (χ4v) is 4.19. The van der Waals surface area contributed by atoms with Crippen LogP contribution in [0.15, 0.2) is 4.99 Å². The fraction of sp³-hybridized carbons (Fsp3) is 0.917. The Balaban J connectivity index is 1.75. The number of amidine groups is 1. The van der Waals surface area contributed by atoms with Gasteiger partial charge in [0.1, 0.15) is 5.84 Å². The van der Waals surface area contributed by atoms with Crippen molar-refractivity contribution in [2.24, 2.45) is 40.4 Å². The predicted molar refractivity (Wildman–Crippen MR) is 61.2 cm³/mol. The molecule has 2 bridgehead atoms. The normalized spacial score (nSPS) is 47.2. The van der Waals surface area contributed by atoms with Crippen LogP contribution in [-0.2, 0) is 0 Å². The lowest BCUT2D eigenvalue weighted by Gasteiger charge is -2.12. The summed E-state index contributed by atoms with van der Waals surface area (Å²) in [4.78, 5) is 4.62. The van der Waals surface area contributed by atoms with Gasteiger partial charge in [-0.15, -0.1) is 0 Å². The van der Waals surface area contributed by atoms with E-state index in [0.29, 0.717) is 12.0 Å². The molecule has 3 fully saturated rings. The first-order valence-corrected chi connectivity index (χ1v) is 6.26. The molecule has 3 aliphatic rings. The van der Waals surface area contributed by atoms with Crippen LogP contribution in [0.4, 0.5) is 0 Å². The van der Waals surface area contributed by atoms with Gasteiger partial charge in [0.05, 0.1) is 0 Å². The SMILES string of the molecule is CC(C)N=C(NN)C1C2C3CCC(C3)C12. The van der Waals surface area contributed by atoms with Gasteiger partial charge in [-0.25, -0.2) is 5.84 Å². The summed E-state index contributed by atoms with van der Waals surface area (Å²) in [6.45, 7) is 4.23. The van der Waals surface area contributed by atoms with E-state index in [2.05, 4.69) is 24.3 Å². The van der Waals surface area contributed by atoms with Crippen molar-refractivity contribution in [3.63, 3.8) is 0 Å². The lowest BCUT2D eigenvalue weighted by atomic mass is 10.0. The van der Waals surface area contributed by atoms with E-state index in [-0.39, 0.29) is 0 Å². The van der Waals surface area contributed by atoms with E-state index in [4.69, 9.17) is 5.84 Å². The third-order valence-corrected chi connectivity index (χ3v) is 4.60. The van der Waals surface area contributed by atoms with Gasteiger partial charge in [0.2, 0.25) is 0 Å². The number of nitrogens with zero attached hydrogens (tertiary/aromatic N) is 1. The van der Waals surface area contributed by atoms with Crippen molar-refractivity contribution in [1.82, 2.24) is 5.43 Å². The molecule has 3 heteroatoms. The maximum atomic E-state index is 5.60. The largest absolute Gasteiger partial charge is 0.312 e. The molecule has 3 N–H and O–H groups in total. The molecule has 15 heavy (non-hydrogen) atoms. The molecule has 0 amide bonds. The molecule has 0 radical (unpaired) electrons. The van der Waals surface area contributed by atoms with Crippen LogP contribution in [-0.4, -0.2) is 11.9 Å². The molecule has 4 atom stereocenters. The van der Waals surface area contributed by atoms with Crippen molar-refractivity contribution in [2.45, 2.75) is 39.2 Å². The van der Waals surface area contributed by atoms with Crippen LogP contribution in [0.1, 0.15) is 33.1 Å². The molecule has 3 nitrogen and oxygen atoms in total. The molecule has 0 aromatic rings. The van der Waals surface area contributed by atoms with Crippen molar-refractivity contribution in [3.05, 3.63) is 0 Å². The van der Waals surface area contributed by atoms with Crippen LogP contribution in [0.3, 0.4) is 0 Å². The van der Waals surface area contributed by atoms with Crippen molar-refractivity contribution >= 4 is 5.84 Å². The van der Waals surface area contributed by atoms with Gasteiger partial charge in [-0.2, -0.15) is 0 Å². The average Bonchev–Trinajstić information content (AvgIpc) is 2.64. The van der Waals surface area contributed by atoms with E-state index in [1.807, 2.05) is 0 Å². The zero-order valence-corrected chi connectivity index (χ0v) is 9.61. The van der Waals surface area contributed by atoms with Crippen LogP contribution < -0.4 is 11.3 Å². The number of fused-ring (bicyclic) bond motifs is 5. The monoisotopic (exact) mass is 207 g/mol. The fourth-order valence-electron chi connectivity index (χ4n) is 4.19. The second-order valence-electron chi connectivity index (χ2n) is 5.77. The summed E-state index contributed by atoms with van der Waals surface area (Å²) in [6, 6.07) is 0.357. The minimum Gasteiger partial charge on any atom is -0.312 e. The van der Waals surface area contributed by atoms with Crippen LogP contribution in [0.2, 0.25) is 0 Å². The van der Waals surface area contributed by atoms with E-state index in [1.54, 1.807) is 0 Å². The topological polar surface area (TPSA) is 50.4 Å². The summed E-state index contributed by atoms with van der Waals surface area (Å²) in [5, 5.41) is 0. The maximum Gasteiger partial charge on any atom is 0.114 e. The predicted octanol–water partition coefficient (Wildman–Crippen LogP) is 1.55. The van der Waals surface area contributed by atoms with Gasteiger partial charge in [0, 0.05) is 12.0 Å². The molecule has 0 aliphatic heterocycles. The number of nitrogens with one attached hydrogen (secondary N) is 1. The van der Waals surface area contributed by atoms with E-state index in [9.17, 15) is 0 Å². The van der Waals surface area contributed by atoms with E-state index in [0.717, 1.165) is 29.5 Å². The van der Waals surface area contributed by atoms with Gasteiger partial charge >= 0.3 is 0 Å². The number of nitrogens with two attached hydrogens (primary N) is 1. The first-order valence-electron chi connectivity index (χ1n) is 6.26. The van der Waals surface area contributed by atoms with Crippen molar-refractivity contribution in [2.75, 3.05) is 0 Å². The lowest BCUT2D eigenvalue weighted by molar-refractivity contribution is 0.456. The van der Waals surface area contributed by atoms with E-state index < -0.39 is 0 Å². The highest BCUT2D eigenvalue weighted by Crippen LogP contribution is 2.69. The minimum atomic E-state index is 0.357. The van der Waals surface area contributed by atoms with Gasteiger partial charge in [-0.05, 0) is 56.8 Å². The summed E-state index contributed by atoms with van der Waals surface area (Å²) in [7, 11) is 0. The minimum absolute atomic E-state index is 0.357. The highest BCUT2D eigenvalue weighted by molar-refractivity contribution is 5.87. The van der Waals surface area contributed by atoms with Crippen LogP contribution in [0.25, 0.3) is 0 Å². The highest BCUT2D eigenvalue weighted by atomic mass is 15.3. The second kappa shape index (κ2) is 3.21. The Labute approximate surface area is 91.5 Å². The van der Waals surface area contributed by atoms with Gasteiger partial charge in [-0.1, -0.05) is 0 Å². The first kappa shape index (κ1) is 9.64. The molecule has 0 heterocycles. The molecule has 0 aromatic heterocycles. The maximum absolute atomic E-state index is 5.60. The molecular weight excluding hydrogens is 186 g/mol. The Morgan fingerprint density at radius 2 is 1.87 bits per heavy atom. The Kier molecular flexibility index (Phi) is 2.06. The Bertz CT molecular complexity index is 281. The van der Waals surface area contributed by atoms with Crippen molar-refractivity contribution < 1.29 is 0 Å². The molecule has 3 rings (SSSR count). The number of hydrazine groups is 1.